The van der Waals surface area contributed by atoms with Crippen LogP contribution < -0.4 is 11.5 Å². The molecule has 1 aliphatic rings. The molecule has 0 bridgehead atoms. The van der Waals surface area contributed by atoms with E-state index in [2.05, 4.69) is 37.9 Å². The molecule has 1 saturated carbocycles. The minimum atomic E-state index is -0.204. The van der Waals surface area contributed by atoms with Gasteiger partial charge in [-0.3, -0.25) is 4.79 Å². The second-order valence-corrected chi connectivity index (χ2v) is 9.54. The summed E-state index contributed by atoms with van der Waals surface area (Å²) >= 11 is 8.69. The lowest BCUT2D eigenvalue weighted by Crippen LogP contribution is -2.33. The van der Waals surface area contributed by atoms with Gasteiger partial charge in [-0.05, 0) is 68.2 Å². The van der Waals surface area contributed by atoms with E-state index in [1.807, 2.05) is 0 Å². The van der Waals surface area contributed by atoms with Crippen LogP contribution in [0.1, 0.15) is 56.6 Å². The molecule has 1 unspecified atom stereocenters. The van der Waals surface area contributed by atoms with Gasteiger partial charge in [0.2, 0.25) is 5.91 Å². The molecule has 3 nitrogen and oxygen atoms in total. The van der Waals surface area contributed by atoms with Gasteiger partial charge in [0.05, 0.1) is 7.57 Å². The van der Waals surface area contributed by atoms with Crippen molar-refractivity contribution in [2.45, 2.75) is 51.0 Å². The Morgan fingerprint density at radius 2 is 2.00 bits per heavy atom. The lowest BCUT2D eigenvalue weighted by molar-refractivity contribution is -0.121. The first kappa shape index (κ1) is 16.5. The summed E-state index contributed by atoms with van der Waals surface area (Å²) in [5.41, 5.74) is 13.0. The van der Waals surface area contributed by atoms with Gasteiger partial charge in [-0.25, -0.2) is 0 Å². The van der Waals surface area contributed by atoms with Gasteiger partial charge in [-0.15, -0.1) is 11.3 Å². The summed E-state index contributed by atoms with van der Waals surface area (Å²) < 4.78 is 2.14. The van der Waals surface area contributed by atoms with E-state index in [0.717, 1.165) is 32.4 Å². The predicted octanol–water partition coefficient (Wildman–Crippen LogP) is 4.49. The molecule has 0 spiro atoms. The fourth-order valence-corrected chi connectivity index (χ4v) is 6.31. The van der Waals surface area contributed by atoms with Gasteiger partial charge in [0, 0.05) is 12.5 Å². The SMILES string of the molecule is NC(=O)CC1(CC(N)c2cc(Br)sc2Br)CCCCC1. The molecule has 2 rings (SSSR count). The number of halogens is 2. The Hall–Kier alpha value is 0.0900. The van der Waals surface area contributed by atoms with Crippen LogP contribution in [0.2, 0.25) is 0 Å². The Morgan fingerprint density at radius 3 is 2.50 bits per heavy atom. The van der Waals surface area contributed by atoms with Crippen LogP contribution >= 0.6 is 43.2 Å². The van der Waals surface area contributed by atoms with Crippen molar-refractivity contribution in [3.05, 3.63) is 19.2 Å². The van der Waals surface area contributed by atoms with Crippen LogP contribution in [0.5, 0.6) is 0 Å². The number of thiophene rings is 1. The molecule has 0 aliphatic heterocycles. The Morgan fingerprint density at radius 1 is 1.35 bits per heavy atom. The third-order valence-corrected chi connectivity index (χ3v) is 6.58. The van der Waals surface area contributed by atoms with E-state index in [9.17, 15) is 4.79 Å². The van der Waals surface area contributed by atoms with Crippen LogP contribution in [0, 0.1) is 5.41 Å². The van der Waals surface area contributed by atoms with Crippen molar-refractivity contribution in [3.8, 4) is 0 Å². The van der Waals surface area contributed by atoms with Crippen LogP contribution in [0.3, 0.4) is 0 Å². The molecule has 1 aliphatic carbocycles. The zero-order chi connectivity index (χ0) is 14.8. The van der Waals surface area contributed by atoms with Crippen molar-refractivity contribution >= 4 is 49.1 Å². The molecular weight excluding hydrogens is 404 g/mol. The summed E-state index contributed by atoms with van der Waals surface area (Å²) in [5.74, 6) is -0.204. The molecular formula is C14H20Br2N2OS. The van der Waals surface area contributed by atoms with Crippen molar-refractivity contribution in [1.29, 1.82) is 0 Å². The maximum atomic E-state index is 11.4. The molecule has 1 fully saturated rings. The van der Waals surface area contributed by atoms with E-state index in [4.69, 9.17) is 11.5 Å². The Kier molecular flexibility index (Phi) is 5.68. The van der Waals surface area contributed by atoms with Crippen LogP contribution in [-0.2, 0) is 4.79 Å². The molecule has 4 N–H and O–H groups in total. The van der Waals surface area contributed by atoms with Gasteiger partial charge in [-0.1, -0.05) is 19.3 Å². The summed E-state index contributed by atoms with van der Waals surface area (Å²) in [6.45, 7) is 0. The smallest absolute Gasteiger partial charge is 0.217 e. The van der Waals surface area contributed by atoms with Gasteiger partial charge < -0.3 is 11.5 Å². The van der Waals surface area contributed by atoms with Crippen molar-refractivity contribution in [2.24, 2.45) is 16.9 Å². The first-order chi connectivity index (χ1) is 9.42. The first-order valence-electron chi connectivity index (χ1n) is 6.90. The number of amides is 1. The van der Waals surface area contributed by atoms with Crippen LogP contribution in [0.4, 0.5) is 0 Å². The van der Waals surface area contributed by atoms with Crippen molar-refractivity contribution in [3.63, 3.8) is 0 Å². The minimum Gasteiger partial charge on any atom is -0.370 e. The highest BCUT2D eigenvalue weighted by atomic mass is 79.9. The maximum Gasteiger partial charge on any atom is 0.217 e. The fourth-order valence-electron chi connectivity index (χ4n) is 3.31. The monoisotopic (exact) mass is 422 g/mol. The van der Waals surface area contributed by atoms with Gasteiger partial charge >= 0.3 is 0 Å². The van der Waals surface area contributed by atoms with E-state index in [1.54, 1.807) is 11.3 Å². The van der Waals surface area contributed by atoms with E-state index in [-0.39, 0.29) is 17.4 Å². The summed E-state index contributed by atoms with van der Waals surface area (Å²) in [5, 5.41) is 0. The number of nitrogens with two attached hydrogens (primary N) is 2. The summed E-state index contributed by atoms with van der Waals surface area (Å²) in [4.78, 5) is 11.4. The lowest BCUT2D eigenvalue weighted by atomic mass is 9.67. The fraction of sp³-hybridized carbons (Fsp3) is 0.643. The first-order valence-corrected chi connectivity index (χ1v) is 9.31. The normalized spacial score (nSPS) is 19.8. The van der Waals surface area contributed by atoms with E-state index in [1.165, 1.54) is 19.3 Å². The number of hydrogen-bond acceptors (Lipinski definition) is 3. The van der Waals surface area contributed by atoms with Crippen molar-refractivity contribution in [2.75, 3.05) is 0 Å². The Bertz CT molecular complexity index is 484. The molecule has 1 amide bonds. The average Bonchev–Trinajstić information content (AvgIpc) is 2.68. The molecule has 0 radical (unpaired) electrons. The molecule has 1 atom stereocenters. The molecule has 6 heteroatoms. The average molecular weight is 424 g/mol. The second kappa shape index (κ2) is 6.90. The molecule has 0 aromatic carbocycles. The lowest BCUT2D eigenvalue weighted by Gasteiger charge is -2.38. The number of carbonyl (C=O) groups is 1. The molecule has 1 aromatic rings. The van der Waals surface area contributed by atoms with Crippen LogP contribution in [0.15, 0.2) is 13.6 Å². The minimum absolute atomic E-state index is 0.00263. The Labute approximate surface area is 140 Å². The van der Waals surface area contributed by atoms with Crippen molar-refractivity contribution < 1.29 is 4.79 Å². The number of carbonyl (C=O) groups excluding carboxylic acids is 1. The highest BCUT2D eigenvalue weighted by Gasteiger charge is 2.36. The van der Waals surface area contributed by atoms with Gasteiger partial charge in [0.25, 0.3) is 0 Å². The second-order valence-electron chi connectivity index (χ2n) is 5.79. The van der Waals surface area contributed by atoms with E-state index >= 15 is 0 Å². The summed E-state index contributed by atoms with van der Waals surface area (Å²) in [7, 11) is 0. The summed E-state index contributed by atoms with van der Waals surface area (Å²) in [6, 6.07) is 2.02. The number of hydrogen-bond donors (Lipinski definition) is 2. The van der Waals surface area contributed by atoms with E-state index < -0.39 is 0 Å². The maximum absolute atomic E-state index is 11.4. The molecule has 1 heterocycles. The number of rotatable bonds is 5. The zero-order valence-corrected chi connectivity index (χ0v) is 15.3. The molecule has 0 saturated heterocycles. The molecule has 20 heavy (non-hydrogen) atoms. The Balaban J connectivity index is 2.14. The summed E-state index contributed by atoms with van der Waals surface area (Å²) in [6.07, 6.45) is 7.02. The number of primary amides is 1. The molecule has 1 aromatic heterocycles. The predicted molar refractivity (Wildman–Crippen MR) is 90.6 cm³/mol. The van der Waals surface area contributed by atoms with Gasteiger partial charge in [-0.2, -0.15) is 0 Å². The third kappa shape index (κ3) is 4.06. The standard InChI is InChI=1S/C14H20Br2N2OS/c15-11-6-9(13(16)20-11)10(17)7-14(8-12(18)19)4-2-1-3-5-14/h6,10H,1-5,7-8,17H2,(H2,18,19). The highest BCUT2D eigenvalue weighted by molar-refractivity contribution is 9.12. The van der Waals surface area contributed by atoms with E-state index in [0.29, 0.717) is 6.42 Å². The van der Waals surface area contributed by atoms with Crippen LogP contribution in [0.25, 0.3) is 0 Å². The quantitative estimate of drug-likeness (QED) is 0.732. The largest absolute Gasteiger partial charge is 0.370 e. The van der Waals surface area contributed by atoms with Crippen LogP contribution in [-0.4, -0.2) is 5.91 Å². The molecule has 112 valence electrons. The van der Waals surface area contributed by atoms with Crippen molar-refractivity contribution in [1.82, 2.24) is 0 Å². The van der Waals surface area contributed by atoms with Gasteiger partial charge in [0.15, 0.2) is 0 Å². The third-order valence-electron chi connectivity index (χ3n) is 4.20. The highest BCUT2D eigenvalue weighted by Crippen LogP contribution is 2.46. The van der Waals surface area contributed by atoms with Gasteiger partial charge in [0.1, 0.15) is 0 Å². The topological polar surface area (TPSA) is 69.1 Å². The zero-order valence-electron chi connectivity index (χ0n) is 11.3.